The second-order valence-electron chi connectivity index (χ2n) is 5.14. The summed E-state index contributed by atoms with van der Waals surface area (Å²) < 4.78 is 0. The molecule has 0 saturated carbocycles. The quantitative estimate of drug-likeness (QED) is 0.528. The van der Waals surface area contributed by atoms with Gasteiger partial charge in [-0.25, -0.2) is 9.97 Å². The van der Waals surface area contributed by atoms with Crippen molar-refractivity contribution in [3.05, 3.63) is 54.6 Å². The second-order valence-corrected chi connectivity index (χ2v) is 5.14. The van der Waals surface area contributed by atoms with Crippen LogP contribution in [0.2, 0.25) is 0 Å². The van der Waals surface area contributed by atoms with E-state index in [4.69, 9.17) is 5.73 Å². The first kappa shape index (κ1) is 13.1. The van der Waals surface area contributed by atoms with Crippen molar-refractivity contribution in [2.45, 2.75) is 0 Å². The fraction of sp³-hybridized carbons (Fsp3) is 0. The van der Waals surface area contributed by atoms with Crippen molar-refractivity contribution in [3.8, 4) is 28.6 Å². The van der Waals surface area contributed by atoms with Crippen molar-refractivity contribution in [1.29, 1.82) is 5.26 Å². The lowest BCUT2D eigenvalue weighted by Gasteiger charge is -2.08. The highest BCUT2D eigenvalue weighted by Crippen LogP contribution is 2.33. The Labute approximate surface area is 131 Å². The molecule has 0 aliphatic carbocycles. The van der Waals surface area contributed by atoms with Gasteiger partial charge in [-0.15, -0.1) is 0 Å². The molecule has 4 aromatic rings. The summed E-state index contributed by atoms with van der Waals surface area (Å²) in [5.74, 6) is 0.208. The highest BCUT2D eigenvalue weighted by atomic mass is 14.9. The number of pyridine rings is 1. The smallest absolute Gasteiger partial charge is 0.142 e. The standard InChI is InChI=1S/C17H12N6/c18-6-12-11(16-8-20-9-22-16)5-15(23-17(12)19)13-7-21-14-4-2-1-3-10(13)14/h1-5,7-9,21H,(H2,19,23)(H,20,22). The second kappa shape index (κ2) is 5.00. The van der Waals surface area contributed by atoms with Crippen molar-refractivity contribution in [3.63, 3.8) is 0 Å². The summed E-state index contributed by atoms with van der Waals surface area (Å²) in [6.45, 7) is 0. The minimum absolute atomic E-state index is 0.208. The summed E-state index contributed by atoms with van der Waals surface area (Å²) in [5.41, 5.74) is 10.5. The number of aromatic nitrogens is 4. The van der Waals surface area contributed by atoms with Crippen LogP contribution < -0.4 is 5.73 Å². The maximum atomic E-state index is 9.38. The van der Waals surface area contributed by atoms with Gasteiger partial charge in [0.2, 0.25) is 0 Å². The molecule has 0 aliphatic rings. The molecule has 0 spiro atoms. The van der Waals surface area contributed by atoms with Gasteiger partial charge < -0.3 is 15.7 Å². The van der Waals surface area contributed by atoms with Gasteiger partial charge in [0.15, 0.2) is 0 Å². The van der Waals surface area contributed by atoms with Gasteiger partial charge >= 0.3 is 0 Å². The number of nitrogens with zero attached hydrogens (tertiary/aromatic N) is 3. The zero-order valence-corrected chi connectivity index (χ0v) is 12.0. The highest BCUT2D eigenvalue weighted by Gasteiger charge is 2.16. The molecule has 0 unspecified atom stereocenters. The number of fused-ring (bicyclic) bond motifs is 1. The first-order valence-electron chi connectivity index (χ1n) is 7.04. The Balaban J connectivity index is 1.99. The average Bonchev–Trinajstić information content (AvgIpc) is 3.24. The van der Waals surface area contributed by atoms with E-state index in [1.807, 2.05) is 36.5 Å². The fourth-order valence-electron chi connectivity index (χ4n) is 2.72. The molecular weight excluding hydrogens is 288 g/mol. The third-order valence-corrected chi connectivity index (χ3v) is 3.81. The van der Waals surface area contributed by atoms with Crippen LogP contribution in [0, 0.1) is 11.3 Å². The molecule has 0 aliphatic heterocycles. The molecule has 0 atom stereocenters. The van der Waals surface area contributed by atoms with E-state index in [1.54, 1.807) is 12.5 Å². The summed E-state index contributed by atoms with van der Waals surface area (Å²) in [4.78, 5) is 14.7. The molecule has 0 amide bonds. The number of nitrogens with two attached hydrogens (primary N) is 1. The third kappa shape index (κ3) is 2.03. The number of nitrogens with one attached hydrogen (secondary N) is 2. The van der Waals surface area contributed by atoms with Crippen LogP contribution in [0.5, 0.6) is 0 Å². The van der Waals surface area contributed by atoms with E-state index < -0.39 is 0 Å². The molecule has 23 heavy (non-hydrogen) atoms. The van der Waals surface area contributed by atoms with Crippen molar-refractivity contribution >= 4 is 16.7 Å². The molecule has 0 radical (unpaired) electrons. The lowest BCUT2D eigenvalue weighted by molar-refractivity contribution is 1.29. The van der Waals surface area contributed by atoms with E-state index in [-0.39, 0.29) is 5.82 Å². The Morgan fingerprint density at radius 2 is 2.00 bits per heavy atom. The van der Waals surface area contributed by atoms with E-state index in [0.717, 1.165) is 22.2 Å². The minimum atomic E-state index is 0.208. The Morgan fingerprint density at radius 3 is 2.78 bits per heavy atom. The Morgan fingerprint density at radius 1 is 1.13 bits per heavy atom. The first-order valence-corrected chi connectivity index (χ1v) is 7.04. The van der Waals surface area contributed by atoms with Gasteiger partial charge in [0.25, 0.3) is 0 Å². The maximum Gasteiger partial charge on any atom is 0.142 e. The molecule has 110 valence electrons. The summed E-state index contributed by atoms with van der Waals surface area (Å²) in [7, 11) is 0. The number of anilines is 1. The number of benzene rings is 1. The molecule has 4 rings (SSSR count). The number of H-pyrrole nitrogens is 2. The van der Waals surface area contributed by atoms with Crippen LogP contribution in [0.15, 0.2) is 49.1 Å². The molecule has 6 heteroatoms. The lowest BCUT2D eigenvalue weighted by Crippen LogP contribution is -1.99. The molecule has 3 heterocycles. The average molecular weight is 300 g/mol. The summed E-state index contributed by atoms with van der Waals surface area (Å²) in [6, 6.07) is 11.9. The van der Waals surface area contributed by atoms with Crippen LogP contribution in [0.4, 0.5) is 5.82 Å². The Hall–Kier alpha value is -3.59. The molecular formula is C17H12N6. The Bertz CT molecular complexity index is 1040. The van der Waals surface area contributed by atoms with Gasteiger partial charge in [-0.3, -0.25) is 0 Å². The highest BCUT2D eigenvalue weighted by molar-refractivity contribution is 5.95. The molecule has 0 fully saturated rings. The molecule has 6 nitrogen and oxygen atoms in total. The van der Waals surface area contributed by atoms with E-state index >= 15 is 0 Å². The van der Waals surface area contributed by atoms with Gasteiger partial charge in [-0.05, 0) is 12.1 Å². The fourth-order valence-corrected chi connectivity index (χ4v) is 2.72. The van der Waals surface area contributed by atoms with Crippen molar-refractivity contribution in [1.82, 2.24) is 19.9 Å². The van der Waals surface area contributed by atoms with E-state index in [1.165, 1.54) is 0 Å². The van der Waals surface area contributed by atoms with E-state index in [2.05, 4.69) is 26.0 Å². The predicted octanol–water partition coefficient (Wildman–Crippen LogP) is 3.07. The minimum Gasteiger partial charge on any atom is -0.383 e. The summed E-state index contributed by atoms with van der Waals surface area (Å²) >= 11 is 0. The SMILES string of the molecule is N#Cc1c(-c2cnc[nH]2)cc(-c2c[nH]c3ccccc23)nc1N. The topological polar surface area (TPSA) is 107 Å². The van der Waals surface area contributed by atoms with Gasteiger partial charge in [0, 0.05) is 28.2 Å². The molecule has 0 saturated heterocycles. The van der Waals surface area contributed by atoms with E-state index in [9.17, 15) is 5.26 Å². The predicted molar refractivity (Wildman–Crippen MR) is 88.2 cm³/mol. The Kier molecular flexibility index (Phi) is 2.85. The monoisotopic (exact) mass is 300 g/mol. The van der Waals surface area contributed by atoms with Crippen LogP contribution in [0.25, 0.3) is 33.4 Å². The number of hydrogen-bond donors (Lipinski definition) is 3. The van der Waals surface area contributed by atoms with Crippen molar-refractivity contribution in [2.24, 2.45) is 0 Å². The van der Waals surface area contributed by atoms with Crippen LogP contribution in [-0.2, 0) is 0 Å². The van der Waals surface area contributed by atoms with Crippen LogP contribution in [0.3, 0.4) is 0 Å². The molecule has 4 N–H and O–H groups in total. The molecule has 3 aromatic heterocycles. The maximum absolute atomic E-state index is 9.38. The number of imidazole rings is 1. The van der Waals surface area contributed by atoms with Gasteiger partial charge in [-0.1, -0.05) is 18.2 Å². The van der Waals surface area contributed by atoms with E-state index in [0.29, 0.717) is 16.8 Å². The van der Waals surface area contributed by atoms with Gasteiger partial charge in [0.05, 0.1) is 23.9 Å². The molecule has 0 bridgehead atoms. The number of para-hydroxylation sites is 1. The van der Waals surface area contributed by atoms with Crippen LogP contribution in [0.1, 0.15) is 5.56 Å². The van der Waals surface area contributed by atoms with Gasteiger partial charge in [-0.2, -0.15) is 5.26 Å². The van der Waals surface area contributed by atoms with Crippen molar-refractivity contribution in [2.75, 3.05) is 5.73 Å². The first-order chi connectivity index (χ1) is 11.3. The van der Waals surface area contributed by atoms with Gasteiger partial charge in [0.1, 0.15) is 17.5 Å². The largest absolute Gasteiger partial charge is 0.383 e. The molecule has 1 aromatic carbocycles. The number of hydrogen-bond acceptors (Lipinski definition) is 4. The number of nitriles is 1. The third-order valence-electron chi connectivity index (χ3n) is 3.81. The summed E-state index contributed by atoms with van der Waals surface area (Å²) in [6.07, 6.45) is 5.13. The van der Waals surface area contributed by atoms with Crippen molar-refractivity contribution < 1.29 is 0 Å². The summed E-state index contributed by atoms with van der Waals surface area (Å²) in [5, 5.41) is 10.4. The zero-order chi connectivity index (χ0) is 15.8. The number of nitrogen functional groups attached to an aromatic ring is 1. The number of rotatable bonds is 2. The van der Waals surface area contributed by atoms with Crippen LogP contribution >= 0.6 is 0 Å². The normalized spacial score (nSPS) is 10.7. The lowest BCUT2D eigenvalue weighted by atomic mass is 10.0. The van der Waals surface area contributed by atoms with Crippen LogP contribution in [-0.4, -0.2) is 19.9 Å². The number of aromatic amines is 2. The zero-order valence-electron chi connectivity index (χ0n) is 12.0.